The molecule has 0 radical (unpaired) electrons. The summed E-state index contributed by atoms with van der Waals surface area (Å²) < 4.78 is 0. The second-order valence-corrected chi connectivity index (χ2v) is 1.90. The lowest BCUT2D eigenvalue weighted by atomic mass is 10.2. The topological polar surface area (TPSA) is 38.4 Å². The Kier molecular flexibility index (Phi) is 2.64. The van der Waals surface area contributed by atoms with Crippen molar-refractivity contribution in [3.05, 3.63) is 35.9 Å². The van der Waals surface area contributed by atoms with Crippen LogP contribution in [-0.4, -0.2) is 12.9 Å². The average Bonchev–Trinajstić information content (AvgIpc) is 2.03. The Morgan fingerprint density at radius 3 is 2.60 bits per heavy atom. The maximum atomic E-state index is 5.18. The van der Waals surface area contributed by atoms with Gasteiger partial charge in [0.15, 0.2) is 0 Å². The standard InChI is InChI=1S/C8H10N2/c9-7-10-6-8-4-2-1-3-5-8/h1-6H,7,9H2/b10-6+. The molecule has 0 spiro atoms. The Bertz CT molecular complexity index is 204. The summed E-state index contributed by atoms with van der Waals surface area (Å²) in [5, 5.41) is 0. The Morgan fingerprint density at radius 2 is 2.00 bits per heavy atom. The number of hydrogen-bond acceptors (Lipinski definition) is 2. The molecule has 52 valence electrons. The Morgan fingerprint density at radius 1 is 1.30 bits per heavy atom. The number of aliphatic imine (C=N–C) groups is 1. The molecular formula is C8H10N2. The van der Waals surface area contributed by atoms with Gasteiger partial charge in [0.25, 0.3) is 0 Å². The SMILES string of the molecule is NC/N=C/c1ccccc1. The second-order valence-electron chi connectivity index (χ2n) is 1.90. The van der Waals surface area contributed by atoms with Crippen LogP contribution in [0.1, 0.15) is 5.56 Å². The van der Waals surface area contributed by atoms with Crippen LogP contribution in [0.3, 0.4) is 0 Å². The zero-order valence-electron chi connectivity index (χ0n) is 5.70. The Hall–Kier alpha value is -1.15. The largest absolute Gasteiger partial charge is 0.312 e. The van der Waals surface area contributed by atoms with Gasteiger partial charge in [-0.2, -0.15) is 0 Å². The summed E-state index contributed by atoms with van der Waals surface area (Å²) in [5.41, 5.74) is 6.27. The molecule has 0 saturated heterocycles. The maximum Gasteiger partial charge on any atom is 0.0859 e. The molecule has 0 saturated carbocycles. The first-order chi connectivity index (χ1) is 4.93. The molecule has 0 aliphatic heterocycles. The van der Waals surface area contributed by atoms with E-state index in [1.165, 1.54) is 0 Å². The van der Waals surface area contributed by atoms with Crippen LogP contribution in [0.4, 0.5) is 0 Å². The lowest BCUT2D eigenvalue weighted by molar-refractivity contribution is 1.08. The van der Waals surface area contributed by atoms with Gasteiger partial charge in [0.1, 0.15) is 0 Å². The predicted octanol–water partition coefficient (Wildman–Crippen LogP) is 1.02. The molecule has 0 aromatic heterocycles. The molecule has 0 aliphatic rings. The first-order valence-electron chi connectivity index (χ1n) is 3.18. The summed E-state index contributed by atoms with van der Waals surface area (Å²) >= 11 is 0. The van der Waals surface area contributed by atoms with Crippen molar-refractivity contribution in [1.29, 1.82) is 0 Å². The number of rotatable bonds is 2. The van der Waals surface area contributed by atoms with Gasteiger partial charge < -0.3 is 5.73 Å². The van der Waals surface area contributed by atoms with Crippen LogP contribution < -0.4 is 5.73 Å². The van der Waals surface area contributed by atoms with E-state index in [9.17, 15) is 0 Å². The van der Waals surface area contributed by atoms with Gasteiger partial charge in [-0.3, -0.25) is 4.99 Å². The van der Waals surface area contributed by atoms with Crippen molar-refractivity contribution in [1.82, 2.24) is 0 Å². The van der Waals surface area contributed by atoms with Crippen LogP contribution in [0.15, 0.2) is 35.3 Å². The maximum absolute atomic E-state index is 5.18. The minimum absolute atomic E-state index is 0.356. The van der Waals surface area contributed by atoms with Gasteiger partial charge in [-0.15, -0.1) is 0 Å². The van der Waals surface area contributed by atoms with Gasteiger partial charge in [-0.05, 0) is 5.56 Å². The van der Waals surface area contributed by atoms with Crippen LogP contribution >= 0.6 is 0 Å². The first kappa shape index (κ1) is 6.96. The summed E-state index contributed by atoms with van der Waals surface area (Å²) in [6, 6.07) is 9.88. The van der Waals surface area contributed by atoms with Crippen molar-refractivity contribution >= 4 is 6.21 Å². The van der Waals surface area contributed by atoms with Gasteiger partial charge in [0, 0.05) is 6.21 Å². The highest BCUT2D eigenvalue weighted by molar-refractivity contribution is 5.79. The van der Waals surface area contributed by atoms with Gasteiger partial charge in [0.05, 0.1) is 6.67 Å². The lowest BCUT2D eigenvalue weighted by Crippen LogP contribution is -1.94. The summed E-state index contributed by atoms with van der Waals surface area (Å²) in [6.07, 6.45) is 1.76. The molecule has 0 aliphatic carbocycles. The fraction of sp³-hybridized carbons (Fsp3) is 0.125. The van der Waals surface area contributed by atoms with E-state index in [0.29, 0.717) is 6.67 Å². The summed E-state index contributed by atoms with van der Waals surface area (Å²) in [4.78, 5) is 3.89. The molecule has 1 aromatic carbocycles. The number of hydrogen-bond donors (Lipinski definition) is 1. The predicted molar refractivity (Wildman–Crippen MR) is 43.1 cm³/mol. The van der Waals surface area contributed by atoms with Crippen LogP contribution in [0, 0.1) is 0 Å². The summed E-state index contributed by atoms with van der Waals surface area (Å²) in [7, 11) is 0. The minimum Gasteiger partial charge on any atom is -0.312 e. The van der Waals surface area contributed by atoms with Gasteiger partial charge in [0.2, 0.25) is 0 Å². The highest BCUT2D eigenvalue weighted by Gasteiger charge is 1.80. The van der Waals surface area contributed by atoms with Crippen molar-refractivity contribution in [3.8, 4) is 0 Å². The van der Waals surface area contributed by atoms with E-state index in [4.69, 9.17) is 5.73 Å². The number of nitrogens with zero attached hydrogens (tertiary/aromatic N) is 1. The Balaban J connectivity index is 2.67. The first-order valence-corrected chi connectivity index (χ1v) is 3.18. The molecule has 1 rings (SSSR count). The van der Waals surface area contributed by atoms with Crippen molar-refractivity contribution in [2.45, 2.75) is 0 Å². The fourth-order valence-corrected chi connectivity index (χ4v) is 0.697. The molecular weight excluding hydrogens is 124 g/mol. The van der Waals surface area contributed by atoms with Crippen molar-refractivity contribution in [2.24, 2.45) is 10.7 Å². The van der Waals surface area contributed by atoms with Crippen LogP contribution in [-0.2, 0) is 0 Å². The fourth-order valence-electron chi connectivity index (χ4n) is 0.697. The van der Waals surface area contributed by atoms with E-state index < -0.39 is 0 Å². The molecule has 0 unspecified atom stereocenters. The monoisotopic (exact) mass is 134 g/mol. The molecule has 0 heterocycles. The molecule has 10 heavy (non-hydrogen) atoms. The highest BCUT2D eigenvalue weighted by atomic mass is 14.8. The third-order valence-corrected chi connectivity index (χ3v) is 1.15. The van der Waals surface area contributed by atoms with E-state index in [0.717, 1.165) is 5.56 Å². The van der Waals surface area contributed by atoms with E-state index in [2.05, 4.69) is 4.99 Å². The molecule has 0 fully saturated rings. The molecule has 1 aromatic rings. The zero-order valence-corrected chi connectivity index (χ0v) is 5.70. The van der Waals surface area contributed by atoms with E-state index in [1.54, 1.807) is 6.21 Å². The zero-order chi connectivity index (χ0) is 7.23. The lowest BCUT2D eigenvalue weighted by Gasteiger charge is -1.87. The number of benzene rings is 1. The normalized spacial score (nSPS) is 10.5. The van der Waals surface area contributed by atoms with Crippen LogP contribution in [0.5, 0.6) is 0 Å². The van der Waals surface area contributed by atoms with Crippen LogP contribution in [0.2, 0.25) is 0 Å². The molecule has 0 bridgehead atoms. The van der Waals surface area contributed by atoms with Crippen LogP contribution in [0.25, 0.3) is 0 Å². The van der Waals surface area contributed by atoms with Gasteiger partial charge in [-0.25, -0.2) is 0 Å². The minimum atomic E-state index is 0.356. The van der Waals surface area contributed by atoms with E-state index in [-0.39, 0.29) is 0 Å². The van der Waals surface area contributed by atoms with E-state index >= 15 is 0 Å². The molecule has 2 N–H and O–H groups in total. The molecule has 2 heteroatoms. The molecule has 0 atom stereocenters. The summed E-state index contributed by atoms with van der Waals surface area (Å²) in [6.45, 7) is 0.356. The third-order valence-electron chi connectivity index (χ3n) is 1.15. The smallest absolute Gasteiger partial charge is 0.0859 e. The quantitative estimate of drug-likeness (QED) is 0.602. The summed E-state index contributed by atoms with van der Waals surface area (Å²) in [5.74, 6) is 0. The van der Waals surface area contributed by atoms with Gasteiger partial charge in [-0.1, -0.05) is 30.3 Å². The Labute approximate surface area is 60.4 Å². The molecule has 2 nitrogen and oxygen atoms in total. The third kappa shape index (κ3) is 1.99. The van der Waals surface area contributed by atoms with E-state index in [1.807, 2.05) is 30.3 Å². The number of nitrogens with two attached hydrogens (primary N) is 1. The molecule has 0 amide bonds. The van der Waals surface area contributed by atoms with Crippen molar-refractivity contribution in [3.63, 3.8) is 0 Å². The average molecular weight is 134 g/mol. The highest BCUT2D eigenvalue weighted by Crippen LogP contribution is 1.92. The van der Waals surface area contributed by atoms with Gasteiger partial charge >= 0.3 is 0 Å². The van der Waals surface area contributed by atoms with Crippen molar-refractivity contribution in [2.75, 3.05) is 6.67 Å². The second kappa shape index (κ2) is 3.80. The van der Waals surface area contributed by atoms with Crippen molar-refractivity contribution < 1.29 is 0 Å².